The van der Waals surface area contributed by atoms with Crippen LogP contribution in [-0.2, 0) is 14.8 Å². The summed E-state index contributed by atoms with van der Waals surface area (Å²) in [5.41, 5.74) is 0. The number of hydrogen-bond donors (Lipinski definition) is 2. The molecule has 3 rings (SSSR count). The van der Waals surface area contributed by atoms with Crippen molar-refractivity contribution in [3.63, 3.8) is 0 Å². The Hall–Kier alpha value is -1.15. The summed E-state index contributed by atoms with van der Waals surface area (Å²) < 4.78 is 27.1. The van der Waals surface area contributed by atoms with Gasteiger partial charge in [-0.25, -0.2) is 8.42 Å². The molecule has 1 aliphatic heterocycles. The molecule has 1 aromatic rings. The minimum atomic E-state index is -3.52. The van der Waals surface area contributed by atoms with E-state index in [9.17, 15) is 13.2 Å². The van der Waals surface area contributed by atoms with Crippen LogP contribution in [0.5, 0.6) is 0 Å². The molecular weight excluding hydrogens is 398 g/mol. The zero-order chi connectivity index (χ0) is 20.3. The van der Waals surface area contributed by atoms with Crippen molar-refractivity contribution >= 4 is 27.5 Å². The maximum absolute atomic E-state index is 12.8. The van der Waals surface area contributed by atoms with E-state index in [0.717, 1.165) is 11.3 Å². The van der Waals surface area contributed by atoms with Crippen LogP contribution in [0.4, 0.5) is 0 Å². The van der Waals surface area contributed by atoms with E-state index in [1.807, 2.05) is 6.92 Å². The van der Waals surface area contributed by atoms with Crippen molar-refractivity contribution in [3.8, 4) is 0 Å². The van der Waals surface area contributed by atoms with Crippen molar-refractivity contribution < 1.29 is 18.1 Å². The summed E-state index contributed by atoms with van der Waals surface area (Å²) in [7, 11) is -3.52. The first-order chi connectivity index (χ1) is 13.3. The van der Waals surface area contributed by atoms with Gasteiger partial charge < -0.3 is 10.2 Å². The maximum atomic E-state index is 12.8. The number of piperazine rings is 1. The molecule has 2 fully saturated rings. The maximum Gasteiger partial charge on any atom is 0.278 e. The Morgan fingerprint density at radius 1 is 1.18 bits per heavy atom. The standard InChI is InChI=1S/C20H30ClN3O3S/c1-15-5-3-4-6-19(15)22-20(25)16(2)23-11-13-24(14-12-23)28(26,27)18-9-7-17(21)8-10-18/h7-10,15-16,19H,3-6,11-14H2,1-2H3,(H,22,25)/p+1/t15-,16+,19+/m0/s1. The van der Waals surface area contributed by atoms with E-state index < -0.39 is 10.0 Å². The number of benzene rings is 1. The lowest BCUT2D eigenvalue weighted by Crippen LogP contribution is -3.19. The van der Waals surface area contributed by atoms with Gasteiger partial charge in [0.2, 0.25) is 10.0 Å². The molecule has 0 unspecified atom stereocenters. The molecule has 1 amide bonds. The smallest absolute Gasteiger partial charge is 0.278 e. The fourth-order valence-corrected chi connectivity index (χ4v) is 5.79. The molecule has 6 nitrogen and oxygen atoms in total. The van der Waals surface area contributed by atoms with E-state index in [2.05, 4.69) is 12.2 Å². The third-order valence-corrected chi connectivity index (χ3v) is 8.43. The highest BCUT2D eigenvalue weighted by Gasteiger charge is 2.35. The van der Waals surface area contributed by atoms with Crippen molar-refractivity contribution in [1.29, 1.82) is 0 Å². The third kappa shape index (κ3) is 4.87. The van der Waals surface area contributed by atoms with Gasteiger partial charge in [-0.15, -0.1) is 0 Å². The minimum Gasteiger partial charge on any atom is -0.348 e. The number of carbonyl (C=O) groups is 1. The van der Waals surface area contributed by atoms with Crippen LogP contribution in [0.1, 0.15) is 39.5 Å². The monoisotopic (exact) mass is 428 g/mol. The molecule has 156 valence electrons. The summed E-state index contributed by atoms with van der Waals surface area (Å²) in [4.78, 5) is 14.1. The predicted octanol–water partition coefficient (Wildman–Crippen LogP) is 1.31. The van der Waals surface area contributed by atoms with Crippen molar-refractivity contribution in [3.05, 3.63) is 29.3 Å². The molecule has 1 heterocycles. The molecule has 28 heavy (non-hydrogen) atoms. The molecule has 0 bridgehead atoms. The Balaban J connectivity index is 1.55. The van der Waals surface area contributed by atoms with Gasteiger partial charge in [-0.3, -0.25) is 4.79 Å². The van der Waals surface area contributed by atoms with Crippen LogP contribution in [0, 0.1) is 5.92 Å². The van der Waals surface area contributed by atoms with E-state index in [0.29, 0.717) is 37.1 Å². The van der Waals surface area contributed by atoms with Gasteiger partial charge >= 0.3 is 0 Å². The fraction of sp³-hybridized carbons (Fsp3) is 0.650. The number of halogens is 1. The number of carbonyl (C=O) groups excluding carboxylic acids is 1. The van der Waals surface area contributed by atoms with E-state index in [1.54, 1.807) is 12.1 Å². The molecule has 2 aliphatic rings. The summed E-state index contributed by atoms with van der Waals surface area (Å²) in [6.45, 7) is 6.24. The molecule has 3 atom stereocenters. The zero-order valence-corrected chi connectivity index (χ0v) is 18.2. The van der Waals surface area contributed by atoms with Gasteiger partial charge in [0.1, 0.15) is 0 Å². The number of amides is 1. The first kappa shape index (κ1) is 21.6. The summed E-state index contributed by atoms with van der Waals surface area (Å²) in [5, 5.41) is 3.75. The number of nitrogens with zero attached hydrogens (tertiary/aromatic N) is 1. The second-order valence-electron chi connectivity index (χ2n) is 8.11. The second-order valence-corrected chi connectivity index (χ2v) is 10.5. The second kappa shape index (κ2) is 9.11. The Labute approximate surface area is 173 Å². The van der Waals surface area contributed by atoms with Crippen LogP contribution in [-0.4, -0.2) is 56.9 Å². The van der Waals surface area contributed by atoms with Crippen LogP contribution >= 0.6 is 11.6 Å². The van der Waals surface area contributed by atoms with E-state index in [1.165, 1.54) is 35.7 Å². The van der Waals surface area contributed by atoms with Gasteiger partial charge in [0, 0.05) is 11.1 Å². The van der Waals surface area contributed by atoms with Crippen molar-refractivity contribution in [1.82, 2.24) is 9.62 Å². The summed E-state index contributed by atoms with van der Waals surface area (Å²) in [6, 6.07) is 6.36. The largest absolute Gasteiger partial charge is 0.348 e. The lowest BCUT2D eigenvalue weighted by Gasteiger charge is -2.35. The normalized spacial score (nSPS) is 26.0. The van der Waals surface area contributed by atoms with E-state index in [4.69, 9.17) is 11.6 Å². The first-order valence-corrected chi connectivity index (χ1v) is 12.0. The van der Waals surface area contributed by atoms with Crippen LogP contribution in [0.2, 0.25) is 5.02 Å². The fourth-order valence-electron chi connectivity index (χ4n) is 4.23. The average molecular weight is 429 g/mol. The lowest BCUT2D eigenvalue weighted by atomic mass is 9.86. The van der Waals surface area contributed by atoms with E-state index in [-0.39, 0.29) is 22.9 Å². The van der Waals surface area contributed by atoms with Gasteiger partial charge in [-0.2, -0.15) is 4.31 Å². The highest BCUT2D eigenvalue weighted by Crippen LogP contribution is 2.23. The zero-order valence-electron chi connectivity index (χ0n) is 16.7. The predicted molar refractivity (Wildman–Crippen MR) is 110 cm³/mol. The highest BCUT2D eigenvalue weighted by atomic mass is 35.5. The molecule has 1 saturated carbocycles. The van der Waals surface area contributed by atoms with Gasteiger partial charge in [0.25, 0.3) is 5.91 Å². The molecule has 1 aliphatic carbocycles. The molecule has 0 aromatic heterocycles. The summed E-state index contributed by atoms with van der Waals surface area (Å²) >= 11 is 5.86. The number of sulfonamides is 1. The van der Waals surface area contributed by atoms with Crippen LogP contribution in [0.15, 0.2) is 29.2 Å². The lowest BCUT2D eigenvalue weighted by molar-refractivity contribution is -0.917. The molecule has 0 spiro atoms. The number of rotatable bonds is 5. The first-order valence-electron chi connectivity index (χ1n) is 10.2. The van der Waals surface area contributed by atoms with Crippen LogP contribution in [0.3, 0.4) is 0 Å². The Morgan fingerprint density at radius 2 is 1.79 bits per heavy atom. The van der Waals surface area contributed by atoms with Gasteiger partial charge in [0.15, 0.2) is 6.04 Å². The quantitative estimate of drug-likeness (QED) is 0.742. The number of nitrogens with one attached hydrogen (secondary N) is 2. The SMILES string of the molecule is C[C@H](C(=O)N[C@@H]1CCCC[C@@H]1C)[NH+]1CCN(S(=O)(=O)c2ccc(Cl)cc2)CC1. The Kier molecular flexibility index (Phi) is 7.02. The van der Waals surface area contributed by atoms with Crippen molar-refractivity contribution in [2.24, 2.45) is 5.92 Å². The molecule has 2 N–H and O–H groups in total. The van der Waals surface area contributed by atoms with Crippen molar-refractivity contribution in [2.45, 2.75) is 56.5 Å². The van der Waals surface area contributed by atoms with Crippen LogP contribution in [0.25, 0.3) is 0 Å². The molecular formula is C20H31ClN3O3S+. The third-order valence-electron chi connectivity index (χ3n) is 6.26. The number of quaternary nitrogens is 1. The van der Waals surface area contributed by atoms with Crippen LogP contribution < -0.4 is 10.2 Å². The highest BCUT2D eigenvalue weighted by molar-refractivity contribution is 7.89. The average Bonchev–Trinajstić information content (AvgIpc) is 2.69. The Morgan fingerprint density at radius 3 is 2.39 bits per heavy atom. The van der Waals surface area contributed by atoms with Gasteiger partial charge in [0.05, 0.1) is 31.1 Å². The summed E-state index contributed by atoms with van der Waals surface area (Å²) in [5.74, 6) is 0.615. The molecule has 0 radical (unpaired) electrons. The number of hydrogen-bond acceptors (Lipinski definition) is 3. The van der Waals surface area contributed by atoms with E-state index >= 15 is 0 Å². The van der Waals surface area contributed by atoms with Gasteiger partial charge in [-0.1, -0.05) is 31.4 Å². The minimum absolute atomic E-state index is 0.0859. The topological polar surface area (TPSA) is 70.9 Å². The molecule has 1 aromatic carbocycles. The Bertz CT molecular complexity index is 776. The van der Waals surface area contributed by atoms with Crippen molar-refractivity contribution in [2.75, 3.05) is 26.2 Å². The summed E-state index contributed by atoms with van der Waals surface area (Å²) in [6.07, 6.45) is 4.66. The molecule has 8 heteroatoms. The van der Waals surface area contributed by atoms with Gasteiger partial charge in [-0.05, 0) is 49.9 Å². The molecule has 1 saturated heterocycles.